The number of carbonyl (C=O) groups excluding carboxylic acids is 1. The predicted octanol–water partition coefficient (Wildman–Crippen LogP) is 1.24. The maximum absolute atomic E-state index is 11.5. The molecule has 1 aromatic rings. The van der Waals surface area contributed by atoms with Crippen LogP contribution in [0.5, 0.6) is 0 Å². The maximum Gasteiger partial charge on any atom is 0.337 e. The lowest BCUT2D eigenvalue weighted by Crippen LogP contribution is -2.14. The molecular weight excluding hydrogens is 182 g/mol. The first-order valence-corrected chi connectivity index (χ1v) is 4.56. The van der Waals surface area contributed by atoms with E-state index in [0.717, 1.165) is 18.5 Å². The number of nitrogens with zero attached hydrogens (tertiary/aromatic N) is 1. The number of fused-ring (bicyclic) bond motifs is 1. The van der Waals surface area contributed by atoms with Gasteiger partial charge in [-0.25, -0.2) is 4.79 Å². The molecule has 0 atom stereocenters. The summed E-state index contributed by atoms with van der Waals surface area (Å²) >= 11 is 0. The van der Waals surface area contributed by atoms with Crippen molar-refractivity contribution in [2.45, 2.75) is 19.3 Å². The molecule has 1 aliphatic carbocycles. The molecule has 1 aliphatic rings. The standard InChI is InChI=1S/C10H11NO3/c1-11-5-6(10(13)14)9-7(11)3-2-4-8(9)12/h5H,2-4H2,1H3,(H,13,14). The normalized spacial score (nSPS) is 15.4. The monoisotopic (exact) mass is 193 g/mol. The Morgan fingerprint density at radius 2 is 2.21 bits per heavy atom. The number of Topliss-reactive ketones (excluding diaryl/α,β-unsaturated/α-hetero) is 1. The molecule has 1 heterocycles. The number of carboxylic acids is 1. The average molecular weight is 193 g/mol. The number of rotatable bonds is 1. The molecule has 1 aromatic heterocycles. The highest BCUT2D eigenvalue weighted by Crippen LogP contribution is 2.25. The highest BCUT2D eigenvalue weighted by Gasteiger charge is 2.26. The minimum absolute atomic E-state index is 0.0377. The van der Waals surface area contributed by atoms with Crippen molar-refractivity contribution in [3.8, 4) is 0 Å². The summed E-state index contributed by atoms with van der Waals surface area (Å²) in [6, 6.07) is 0. The van der Waals surface area contributed by atoms with Crippen molar-refractivity contribution >= 4 is 11.8 Å². The van der Waals surface area contributed by atoms with Gasteiger partial charge in [-0.1, -0.05) is 0 Å². The smallest absolute Gasteiger partial charge is 0.337 e. The Bertz CT molecular complexity index is 417. The van der Waals surface area contributed by atoms with Crippen molar-refractivity contribution in [2.75, 3.05) is 0 Å². The van der Waals surface area contributed by atoms with Crippen LogP contribution >= 0.6 is 0 Å². The summed E-state index contributed by atoms with van der Waals surface area (Å²) in [5.74, 6) is -1.05. The molecule has 0 bridgehead atoms. The van der Waals surface area contributed by atoms with Gasteiger partial charge >= 0.3 is 5.97 Å². The lowest BCUT2D eigenvalue weighted by atomic mass is 9.94. The molecule has 1 N–H and O–H groups in total. The molecule has 4 heteroatoms. The summed E-state index contributed by atoms with van der Waals surface area (Å²) in [7, 11) is 1.78. The van der Waals surface area contributed by atoms with Crippen LogP contribution in [0.3, 0.4) is 0 Å². The zero-order valence-corrected chi connectivity index (χ0v) is 7.91. The minimum Gasteiger partial charge on any atom is -0.478 e. The molecule has 0 saturated heterocycles. The van der Waals surface area contributed by atoms with E-state index >= 15 is 0 Å². The van der Waals surface area contributed by atoms with Gasteiger partial charge in [-0.05, 0) is 12.8 Å². The number of aromatic nitrogens is 1. The van der Waals surface area contributed by atoms with Gasteiger partial charge in [0.1, 0.15) is 0 Å². The zero-order chi connectivity index (χ0) is 10.3. The maximum atomic E-state index is 11.5. The van der Waals surface area contributed by atoms with Crippen LogP contribution in [-0.4, -0.2) is 21.4 Å². The van der Waals surface area contributed by atoms with Crippen LogP contribution in [0.1, 0.15) is 39.3 Å². The number of aryl methyl sites for hydroxylation is 1. The van der Waals surface area contributed by atoms with Gasteiger partial charge in [-0.3, -0.25) is 4.79 Å². The van der Waals surface area contributed by atoms with E-state index in [1.54, 1.807) is 11.6 Å². The molecule has 0 unspecified atom stereocenters. The van der Waals surface area contributed by atoms with Crippen LogP contribution in [0.4, 0.5) is 0 Å². The van der Waals surface area contributed by atoms with E-state index in [2.05, 4.69) is 0 Å². The number of carboxylic acid groups (broad SMARTS) is 1. The Balaban J connectivity index is 2.65. The second-order valence-electron chi connectivity index (χ2n) is 3.56. The molecule has 4 nitrogen and oxygen atoms in total. The molecule has 2 rings (SSSR count). The predicted molar refractivity (Wildman–Crippen MR) is 49.6 cm³/mol. The first-order valence-electron chi connectivity index (χ1n) is 4.56. The summed E-state index contributed by atoms with van der Waals surface area (Å²) in [5.41, 5.74) is 1.43. The van der Waals surface area contributed by atoms with Gasteiger partial charge in [-0.2, -0.15) is 0 Å². The number of aromatic carboxylic acids is 1. The first-order chi connectivity index (χ1) is 6.61. The summed E-state index contributed by atoms with van der Waals surface area (Å²) in [5, 5.41) is 8.91. The van der Waals surface area contributed by atoms with Gasteiger partial charge in [0.05, 0.1) is 11.1 Å². The van der Waals surface area contributed by atoms with Crippen LogP contribution in [-0.2, 0) is 13.5 Å². The van der Waals surface area contributed by atoms with Crippen molar-refractivity contribution in [2.24, 2.45) is 7.05 Å². The zero-order valence-electron chi connectivity index (χ0n) is 7.91. The summed E-state index contributed by atoms with van der Waals surface area (Å²) in [4.78, 5) is 22.4. The topological polar surface area (TPSA) is 59.3 Å². The molecule has 0 aliphatic heterocycles. The fraction of sp³-hybridized carbons (Fsp3) is 0.400. The minimum atomic E-state index is -1.02. The Morgan fingerprint density at radius 1 is 1.50 bits per heavy atom. The Labute approximate surface area is 81.2 Å². The fourth-order valence-corrected chi connectivity index (χ4v) is 1.98. The molecule has 74 valence electrons. The Hall–Kier alpha value is -1.58. The second kappa shape index (κ2) is 2.97. The molecule has 0 radical (unpaired) electrons. The number of hydrogen-bond donors (Lipinski definition) is 1. The van der Waals surface area contributed by atoms with Crippen molar-refractivity contribution in [1.29, 1.82) is 0 Å². The van der Waals surface area contributed by atoms with Gasteiger partial charge in [0.15, 0.2) is 5.78 Å². The third-order valence-electron chi connectivity index (χ3n) is 2.63. The van der Waals surface area contributed by atoms with E-state index in [4.69, 9.17) is 5.11 Å². The van der Waals surface area contributed by atoms with E-state index in [-0.39, 0.29) is 11.3 Å². The van der Waals surface area contributed by atoms with E-state index in [0.29, 0.717) is 12.0 Å². The third-order valence-corrected chi connectivity index (χ3v) is 2.63. The molecule has 14 heavy (non-hydrogen) atoms. The van der Waals surface area contributed by atoms with Gasteiger partial charge in [0.25, 0.3) is 0 Å². The van der Waals surface area contributed by atoms with Crippen LogP contribution in [0.15, 0.2) is 6.20 Å². The van der Waals surface area contributed by atoms with Gasteiger partial charge in [0.2, 0.25) is 0 Å². The van der Waals surface area contributed by atoms with E-state index < -0.39 is 5.97 Å². The van der Waals surface area contributed by atoms with E-state index in [9.17, 15) is 9.59 Å². The largest absolute Gasteiger partial charge is 0.478 e. The summed E-state index contributed by atoms with van der Waals surface area (Å²) < 4.78 is 1.75. The third kappa shape index (κ3) is 1.14. The quantitative estimate of drug-likeness (QED) is 0.730. The number of hydrogen-bond acceptors (Lipinski definition) is 2. The van der Waals surface area contributed by atoms with Gasteiger partial charge in [0, 0.05) is 25.4 Å². The Morgan fingerprint density at radius 3 is 2.86 bits per heavy atom. The SMILES string of the molecule is Cn1cc(C(=O)O)c2c1CCCC2=O. The molecule has 0 aromatic carbocycles. The van der Waals surface area contributed by atoms with Crippen LogP contribution in [0.2, 0.25) is 0 Å². The van der Waals surface area contributed by atoms with Crippen molar-refractivity contribution < 1.29 is 14.7 Å². The molecule has 0 fully saturated rings. The van der Waals surface area contributed by atoms with Crippen LogP contribution in [0, 0.1) is 0 Å². The highest BCUT2D eigenvalue weighted by atomic mass is 16.4. The van der Waals surface area contributed by atoms with Crippen LogP contribution in [0.25, 0.3) is 0 Å². The average Bonchev–Trinajstić information content (AvgIpc) is 2.46. The highest BCUT2D eigenvalue weighted by molar-refractivity contribution is 6.07. The number of ketones is 1. The molecule has 0 spiro atoms. The van der Waals surface area contributed by atoms with Crippen LogP contribution < -0.4 is 0 Å². The molecule has 0 saturated carbocycles. The molecule has 0 amide bonds. The lowest BCUT2D eigenvalue weighted by Gasteiger charge is -2.12. The number of carbonyl (C=O) groups is 2. The lowest BCUT2D eigenvalue weighted by molar-refractivity contribution is 0.0691. The van der Waals surface area contributed by atoms with Gasteiger partial charge < -0.3 is 9.67 Å². The van der Waals surface area contributed by atoms with Gasteiger partial charge in [-0.15, -0.1) is 0 Å². The fourth-order valence-electron chi connectivity index (χ4n) is 1.98. The summed E-state index contributed by atoms with van der Waals surface area (Å²) in [6.45, 7) is 0. The van der Waals surface area contributed by atoms with Crippen molar-refractivity contribution in [3.63, 3.8) is 0 Å². The first kappa shape index (κ1) is 8.99. The van der Waals surface area contributed by atoms with Crippen molar-refractivity contribution in [1.82, 2.24) is 4.57 Å². The second-order valence-corrected chi connectivity index (χ2v) is 3.56. The summed E-state index contributed by atoms with van der Waals surface area (Å²) in [6.07, 6.45) is 3.61. The van der Waals surface area contributed by atoms with E-state index in [1.807, 2.05) is 0 Å². The molecular formula is C10H11NO3. The van der Waals surface area contributed by atoms with E-state index in [1.165, 1.54) is 6.20 Å². The van der Waals surface area contributed by atoms with Crippen molar-refractivity contribution in [3.05, 3.63) is 23.0 Å². The Kier molecular flexibility index (Phi) is 1.91.